The van der Waals surface area contributed by atoms with Crippen molar-refractivity contribution in [3.8, 4) is 0 Å². The van der Waals surface area contributed by atoms with E-state index in [0.29, 0.717) is 4.47 Å². The fraction of sp³-hybridized carbons (Fsp3) is 0.625. The van der Waals surface area contributed by atoms with E-state index in [1.54, 1.807) is 13.2 Å². The number of hydrogen-bond acceptors (Lipinski definition) is 2. The van der Waals surface area contributed by atoms with Crippen molar-refractivity contribution in [1.29, 1.82) is 0 Å². The molecule has 2 rings (SSSR count). The molecule has 0 aromatic heterocycles. The molecule has 20 heavy (non-hydrogen) atoms. The number of benzene rings is 1. The van der Waals surface area contributed by atoms with Crippen molar-refractivity contribution in [2.24, 2.45) is 11.3 Å². The van der Waals surface area contributed by atoms with Crippen LogP contribution in [0.15, 0.2) is 22.7 Å². The van der Waals surface area contributed by atoms with Gasteiger partial charge in [-0.15, -0.1) is 0 Å². The van der Waals surface area contributed by atoms with Crippen molar-refractivity contribution in [2.75, 3.05) is 26.8 Å². The maximum absolute atomic E-state index is 13.6. The van der Waals surface area contributed by atoms with Crippen LogP contribution in [-0.2, 0) is 11.2 Å². The lowest BCUT2D eigenvalue weighted by atomic mass is 9.79. The smallest absolute Gasteiger partial charge is 0.137 e. The van der Waals surface area contributed by atoms with Gasteiger partial charge in [0.05, 0.1) is 11.1 Å². The van der Waals surface area contributed by atoms with E-state index in [2.05, 4.69) is 28.2 Å². The first kappa shape index (κ1) is 15.9. The molecule has 0 spiro atoms. The summed E-state index contributed by atoms with van der Waals surface area (Å²) in [4.78, 5) is 0. The summed E-state index contributed by atoms with van der Waals surface area (Å²) in [6, 6.07) is 5.31. The number of ether oxygens (including phenoxy) is 1. The lowest BCUT2D eigenvalue weighted by Crippen LogP contribution is -2.37. The lowest BCUT2D eigenvalue weighted by Gasteiger charge is -2.31. The molecule has 1 aliphatic rings. The van der Waals surface area contributed by atoms with Gasteiger partial charge in [-0.2, -0.15) is 0 Å². The van der Waals surface area contributed by atoms with Crippen molar-refractivity contribution in [2.45, 2.75) is 26.2 Å². The van der Waals surface area contributed by atoms with Gasteiger partial charge >= 0.3 is 0 Å². The van der Waals surface area contributed by atoms with Gasteiger partial charge in [-0.1, -0.05) is 19.1 Å². The quantitative estimate of drug-likeness (QED) is 0.725. The highest BCUT2D eigenvalue weighted by Gasteiger charge is 2.41. The first-order chi connectivity index (χ1) is 9.57. The van der Waals surface area contributed by atoms with E-state index in [-0.39, 0.29) is 11.2 Å². The molecule has 1 atom stereocenters. The Bertz CT molecular complexity index is 450. The van der Waals surface area contributed by atoms with Gasteiger partial charge < -0.3 is 10.1 Å². The molecule has 0 heterocycles. The van der Waals surface area contributed by atoms with Gasteiger partial charge in [-0.05, 0) is 58.2 Å². The van der Waals surface area contributed by atoms with Gasteiger partial charge in [0.25, 0.3) is 0 Å². The maximum atomic E-state index is 13.6. The van der Waals surface area contributed by atoms with Crippen molar-refractivity contribution in [3.63, 3.8) is 0 Å². The Kier molecular flexibility index (Phi) is 5.58. The Morgan fingerprint density at radius 3 is 2.85 bits per heavy atom. The SMILES string of the molecule is COCCNCC(C)(Cc1cccc(F)c1Br)C1CC1. The number of nitrogens with one attached hydrogen (secondary N) is 1. The molecule has 0 amide bonds. The normalized spacial score (nSPS) is 18.0. The summed E-state index contributed by atoms with van der Waals surface area (Å²) in [5.41, 5.74) is 1.25. The Labute approximate surface area is 129 Å². The highest BCUT2D eigenvalue weighted by molar-refractivity contribution is 9.10. The Hall–Kier alpha value is -0.450. The van der Waals surface area contributed by atoms with Crippen LogP contribution in [0.2, 0.25) is 0 Å². The molecule has 1 unspecified atom stereocenters. The summed E-state index contributed by atoms with van der Waals surface area (Å²) in [5, 5.41) is 3.47. The van der Waals surface area contributed by atoms with E-state index in [1.807, 2.05) is 6.07 Å². The molecule has 0 radical (unpaired) electrons. The predicted molar refractivity (Wildman–Crippen MR) is 83.4 cm³/mol. The first-order valence-corrected chi connectivity index (χ1v) is 7.98. The molecule has 0 aliphatic heterocycles. The van der Waals surface area contributed by atoms with E-state index >= 15 is 0 Å². The minimum Gasteiger partial charge on any atom is -0.383 e. The van der Waals surface area contributed by atoms with Crippen LogP contribution in [0.25, 0.3) is 0 Å². The van der Waals surface area contributed by atoms with Crippen molar-refractivity contribution >= 4 is 15.9 Å². The second-order valence-corrected chi connectivity index (χ2v) is 6.78. The largest absolute Gasteiger partial charge is 0.383 e. The van der Waals surface area contributed by atoms with Crippen LogP contribution >= 0.6 is 15.9 Å². The molecule has 1 saturated carbocycles. The standard InChI is InChI=1S/C16H23BrFNO/c1-16(13-6-7-13,11-19-8-9-20-2)10-12-4-3-5-14(18)15(12)17/h3-5,13,19H,6-11H2,1-2H3. The molecule has 1 aromatic rings. The number of hydrogen-bond donors (Lipinski definition) is 1. The third kappa shape index (κ3) is 4.03. The van der Waals surface area contributed by atoms with Gasteiger partial charge in [0.1, 0.15) is 5.82 Å². The molecular formula is C16H23BrFNO. The zero-order valence-corrected chi connectivity index (χ0v) is 13.8. The third-order valence-corrected chi connectivity index (χ3v) is 5.09. The molecule has 1 N–H and O–H groups in total. The summed E-state index contributed by atoms with van der Waals surface area (Å²) >= 11 is 3.38. The highest BCUT2D eigenvalue weighted by Crippen LogP contribution is 2.47. The Balaban J connectivity index is 2.03. The Morgan fingerprint density at radius 1 is 1.45 bits per heavy atom. The van der Waals surface area contributed by atoms with E-state index in [0.717, 1.165) is 37.6 Å². The lowest BCUT2D eigenvalue weighted by molar-refractivity contribution is 0.187. The number of halogens is 2. The number of rotatable bonds is 8. The zero-order valence-electron chi connectivity index (χ0n) is 12.2. The van der Waals surface area contributed by atoms with Gasteiger partial charge in [-0.3, -0.25) is 0 Å². The maximum Gasteiger partial charge on any atom is 0.137 e. The van der Waals surface area contributed by atoms with Crippen molar-refractivity contribution in [3.05, 3.63) is 34.1 Å². The zero-order chi connectivity index (χ0) is 14.6. The Morgan fingerprint density at radius 2 is 2.20 bits per heavy atom. The minimum atomic E-state index is -0.173. The summed E-state index contributed by atoms with van der Waals surface area (Å²) in [6.07, 6.45) is 3.47. The van der Waals surface area contributed by atoms with Crippen LogP contribution < -0.4 is 5.32 Å². The van der Waals surface area contributed by atoms with Gasteiger partial charge in [0, 0.05) is 20.2 Å². The van der Waals surface area contributed by atoms with Crippen LogP contribution in [0.1, 0.15) is 25.3 Å². The van der Waals surface area contributed by atoms with Crippen LogP contribution in [0.3, 0.4) is 0 Å². The molecule has 112 valence electrons. The fourth-order valence-corrected chi connectivity index (χ4v) is 3.20. The first-order valence-electron chi connectivity index (χ1n) is 7.19. The molecule has 2 nitrogen and oxygen atoms in total. The van der Waals surface area contributed by atoms with Crippen LogP contribution in [0.4, 0.5) is 4.39 Å². The molecule has 1 fully saturated rings. The second-order valence-electron chi connectivity index (χ2n) is 5.99. The van der Waals surface area contributed by atoms with Crippen LogP contribution in [0, 0.1) is 17.2 Å². The van der Waals surface area contributed by atoms with E-state index in [1.165, 1.54) is 18.9 Å². The van der Waals surface area contributed by atoms with Gasteiger partial charge in [0.15, 0.2) is 0 Å². The average molecular weight is 344 g/mol. The molecule has 4 heteroatoms. The number of methoxy groups -OCH3 is 1. The fourth-order valence-electron chi connectivity index (χ4n) is 2.80. The van der Waals surface area contributed by atoms with Gasteiger partial charge in [0.2, 0.25) is 0 Å². The third-order valence-electron chi connectivity index (χ3n) is 4.20. The summed E-state index contributed by atoms with van der Waals surface area (Å²) in [6.45, 7) is 4.85. The second kappa shape index (κ2) is 7.01. The van der Waals surface area contributed by atoms with E-state index < -0.39 is 0 Å². The minimum absolute atomic E-state index is 0.173. The molecular weight excluding hydrogens is 321 g/mol. The average Bonchev–Trinajstić information content (AvgIpc) is 3.25. The monoisotopic (exact) mass is 343 g/mol. The summed E-state index contributed by atoms with van der Waals surface area (Å²) in [7, 11) is 1.71. The molecule has 0 saturated heterocycles. The highest BCUT2D eigenvalue weighted by atomic mass is 79.9. The summed E-state index contributed by atoms with van der Waals surface area (Å²) < 4.78 is 19.3. The molecule has 0 bridgehead atoms. The van der Waals surface area contributed by atoms with E-state index in [4.69, 9.17) is 4.74 Å². The molecule has 1 aromatic carbocycles. The van der Waals surface area contributed by atoms with Crippen LogP contribution in [0.5, 0.6) is 0 Å². The van der Waals surface area contributed by atoms with Crippen LogP contribution in [-0.4, -0.2) is 26.8 Å². The van der Waals surface area contributed by atoms with E-state index in [9.17, 15) is 4.39 Å². The van der Waals surface area contributed by atoms with Gasteiger partial charge in [-0.25, -0.2) is 4.39 Å². The van der Waals surface area contributed by atoms with Crippen molar-refractivity contribution in [1.82, 2.24) is 5.32 Å². The van der Waals surface area contributed by atoms with Crippen molar-refractivity contribution < 1.29 is 9.13 Å². The summed E-state index contributed by atoms with van der Waals surface area (Å²) in [5.74, 6) is 0.570. The topological polar surface area (TPSA) is 21.3 Å². The molecule has 1 aliphatic carbocycles. The predicted octanol–water partition coefficient (Wildman–Crippen LogP) is 3.78.